The zero-order valence-corrected chi connectivity index (χ0v) is 7.40. The van der Waals surface area contributed by atoms with Gasteiger partial charge in [0.05, 0.1) is 0 Å². The van der Waals surface area contributed by atoms with Gasteiger partial charge >= 0.3 is 0 Å². The Morgan fingerprint density at radius 1 is 1.38 bits per heavy atom. The second-order valence-electron chi connectivity index (χ2n) is 3.07. The third-order valence-electron chi connectivity index (χ3n) is 2.17. The van der Waals surface area contributed by atoms with E-state index in [2.05, 4.69) is 16.7 Å². The summed E-state index contributed by atoms with van der Waals surface area (Å²) in [4.78, 5) is 0. The van der Waals surface area contributed by atoms with E-state index in [1.54, 1.807) is 0 Å². The summed E-state index contributed by atoms with van der Waals surface area (Å²) in [6.07, 6.45) is 2.86. The van der Waals surface area contributed by atoms with Gasteiger partial charge in [-0.2, -0.15) is 0 Å². The molecule has 13 heavy (non-hydrogen) atoms. The quantitative estimate of drug-likeness (QED) is 0.754. The summed E-state index contributed by atoms with van der Waals surface area (Å²) in [5, 5.41) is 9.93. The Kier molecular flexibility index (Phi) is 2.32. The Bertz CT molecular complexity index is 392. The molecule has 2 nitrogen and oxygen atoms in total. The predicted octanol–water partition coefficient (Wildman–Crippen LogP) is 1.82. The Morgan fingerprint density at radius 3 is 3.15 bits per heavy atom. The highest BCUT2D eigenvalue weighted by Crippen LogP contribution is 2.14. The molecule has 1 heterocycles. The molecule has 67 valence electrons. The molecular weight excluding hydrogens is 162 g/mol. The van der Waals surface area contributed by atoms with Crippen molar-refractivity contribution in [2.75, 3.05) is 6.61 Å². The van der Waals surface area contributed by atoms with Crippen LogP contribution in [-0.4, -0.2) is 16.3 Å². The smallest absolute Gasteiger partial charge is 0.0480 e. The van der Waals surface area contributed by atoms with Gasteiger partial charge in [0, 0.05) is 30.3 Å². The number of aryl methyl sites for hydroxylation is 1. The van der Waals surface area contributed by atoms with Crippen LogP contribution in [0, 0.1) is 6.07 Å². The highest BCUT2D eigenvalue weighted by Gasteiger charge is 1.97. The van der Waals surface area contributed by atoms with Crippen LogP contribution < -0.4 is 0 Å². The first-order chi connectivity index (χ1) is 6.42. The van der Waals surface area contributed by atoms with Crippen molar-refractivity contribution in [3.05, 3.63) is 36.5 Å². The maximum absolute atomic E-state index is 8.72. The van der Waals surface area contributed by atoms with Crippen LogP contribution >= 0.6 is 0 Å². The summed E-state index contributed by atoms with van der Waals surface area (Å²) in [5.74, 6) is 0. The average Bonchev–Trinajstić information content (AvgIpc) is 2.58. The van der Waals surface area contributed by atoms with Crippen molar-refractivity contribution in [3.8, 4) is 0 Å². The number of benzene rings is 1. The minimum atomic E-state index is 0.249. The van der Waals surface area contributed by atoms with Gasteiger partial charge in [0.2, 0.25) is 0 Å². The van der Waals surface area contributed by atoms with Gasteiger partial charge in [0.25, 0.3) is 0 Å². The van der Waals surface area contributed by atoms with Gasteiger partial charge in [-0.1, -0.05) is 6.07 Å². The van der Waals surface area contributed by atoms with E-state index in [0.29, 0.717) is 0 Å². The van der Waals surface area contributed by atoms with Gasteiger partial charge in [0.15, 0.2) is 0 Å². The number of nitrogens with zero attached hydrogens (tertiary/aromatic N) is 1. The molecule has 1 aromatic carbocycles. The van der Waals surface area contributed by atoms with E-state index in [9.17, 15) is 0 Å². The van der Waals surface area contributed by atoms with E-state index in [-0.39, 0.29) is 6.61 Å². The molecule has 0 atom stereocenters. The van der Waals surface area contributed by atoms with Crippen LogP contribution in [0.25, 0.3) is 10.9 Å². The van der Waals surface area contributed by atoms with Crippen molar-refractivity contribution in [2.45, 2.75) is 13.0 Å². The first-order valence-electron chi connectivity index (χ1n) is 4.47. The van der Waals surface area contributed by atoms with Crippen LogP contribution in [-0.2, 0) is 6.54 Å². The molecule has 1 aromatic heterocycles. The van der Waals surface area contributed by atoms with Gasteiger partial charge in [-0.25, -0.2) is 0 Å². The van der Waals surface area contributed by atoms with Gasteiger partial charge in [-0.15, -0.1) is 0 Å². The van der Waals surface area contributed by atoms with E-state index < -0.39 is 0 Å². The topological polar surface area (TPSA) is 25.2 Å². The zero-order chi connectivity index (χ0) is 9.10. The van der Waals surface area contributed by atoms with Crippen molar-refractivity contribution < 1.29 is 5.11 Å². The average molecular weight is 174 g/mol. The summed E-state index contributed by atoms with van der Waals surface area (Å²) in [5.41, 5.74) is 1.22. The molecule has 0 unspecified atom stereocenters. The summed E-state index contributed by atoms with van der Waals surface area (Å²) in [7, 11) is 0. The van der Waals surface area contributed by atoms with Crippen molar-refractivity contribution in [3.63, 3.8) is 0 Å². The molecule has 0 amide bonds. The molecule has 0 bridgehead atoms. The standard InChI is InChI=1S/C11H12NO/c13-9-3-7-12-8-6-10-4-1-2-5-11(10)12/h2,4-6,8,13H,3,7,9H2. The lowest BCUT2D eigenvalue weighted by Crippen LogP contribution is -1.97. The maximum Gasteiger partial charge on any atom is 0.0480 e. The number of aromatic nitrogens is 1. The summed E-state index contributed by atoms with van der Waals surface area (Å²) in [6.45, 7) is 1.13. The Labute approximate surface area is 77.4 Å². The molecule has 0 aliphatic rings. The van der Waals surface area contributed by atoms with Crippen molar-refractivity contribution in [1.82, 2.24) is 4.57 Å². The number of aliphatic hydroxyl groups is 1. The van der Waals surface area contributed by atoms with Crippen molar-refractivity contribution in [1.29, 1.82) is 0 Å². The first kappa shape index (κ1) is 8.32. The monoisotopic (exact) mass is 174 g/mol. The highest BCUT2D eigenvalue weighted by atomic mass is 16.3. The molecular formula is C11H12NO. The molecule has 1 N–H and O–H groups in total. The molecule has 0 saturated carbocycles. The molecule has 1 radical (unpaired) electrons. The number of rotatable bonds is 3. The zero-order valence-electron chi connectivity index (χ0n) is 7.40. The largest absolute Gasteiger partial charge is 0.396 e. The fraction of sp³-hybridized carbons (Fsp3) is 0.273. The Morgan fingerprint density at radius 2 is 2.31 bits per heavy atom. The highest BCUT2D eigenvalue weighted by molar-refractivity contribution is 5.79. The maximum atomic E-state index is 8.72. The lowest BCUT2D eigenvalue weighted by molar-refractivity contribution is 0.280. The van der Waals surface area contributed by atoms with Crippen LogP contribution in [0.2, 0.25) is 0 Å². The molecule has 2 aromatic rings. The number of aliphatic hydroxyl groups excluding tert-OH is 1. The summed E-state index contributed by atoms with van der Waals surface area (Å²) >= 11 is 0. The van der Waals surface area contributed by atoms with E-state index in [1.165, 1.54) is 10.9 Å². The van der Waals surface area contributed by atoms with E-state index in [1.807, 2.05) is 24.4 Å². The van der Waals surface area contributed by atoms with Crippen LogP contribution in [0.1, 0.15) is 6.42 Å². The molecule has 0 spiro atoms. The van der Waals surface area contributed by atoms with Crippen LogP contribution in [0.5, 0.6) is 0 Å². The van der Waals surface area contributed by atoms with Crippen molar-refractivity contribution in [2.24, 2.45) is 0 Å². The number of hydrogen-bond acceptors (Lipinski definition) is 1. The van der Waals surface area contributed by atoms with Crippen molar-refractivity contribution >= 4 is 10.9 Å². The predicted molar refractivity (Wildman–Crippen MR) is 52.5 cm³/mol. The van der Waals surface area contributed by atoms with E-state index >= 15 is 0 Å². The van der Waals surface area contributed by atoms with Crippen LogP contribution in [0.3, 0.4) is 0 Å². The van der Waals surface area contributed by atoms with Gasteiger partial charge in [-0.3, -0.25) is 0 Å². The van der Waals surface area contributed by atoms with Crippen LogP contribution in [0.4, 0.5) is 0 Å². The van der Waals surface area contributed by atoms with Gasteiger partial charge in [0.1, 0.15) is 0 Å². The second kappa shape index (κ2) is 3.62. The fourth-order valence-corrected chi connectivity index (χ4v) is 1.52. The third-order valence-corrected chi connectivity index (χ3v) is 2.17. The number of hydrogen-bond donors (Lipinski definition) is 1. The fourth-order valence-electron chi connectivity index (χ4n) is 1.52. The lowest BCUT2D eigenvalue weighted by atomic mass is 10.2. The third kappa shape index (κ3) is 1.58. The minimum Gasteiger partial charge on any atom is -0.396 e. The van der Waals surface area contributed by atoms with E-state index in [0.717, 1.165) is 13.0 Å². The molecule has 2 rings (SSSR count). The van der Waals surface area contributed by atoms with Gasteiger partial charge in [-0.05, 0) is 30.7 Å². The normalized spacial score (nSPS) is 10.8. The molecule has 0 aliphatic heterocycles. The molecule has 2 heteroatoms. The number of fused-ring (bicyclic) bond motifs is 1. The Balaban J connectivity index is 2.35. The molecule has 0 aliphatic carbocycles. The molecule has 0 saturated heterocycles. The minimum absolute atomic E-state index is 0.249. The first-order valence-corrected chi connectivity index (χ1v) is 4.47. The summed E-state index contributed by atoms with van der Waals surface area (Å²) in [6, 6.07) is 11.1. The second-order valence-corrected chi connectivity index (χ2v) is 3.07. The van der Waals surface area contributed by atoms with E-state index in [4.69, 9.17) is 5.11 Å². The summed E-state index contributed by atoms with van der Waals surface area (Å²) < 4.78 is 2.15. The SMILES string of the molecule is OCCCn1ccc2c[c]ccc21. The van der Waals surface area contributed by atoms with Gasteiger partial charge < -0.3 is 9.67 Å². The van der Waals surface area contributed by atoms with Crippen LogP contribution in [0.15, 0.2) is 30.5 Å². The Hall–Kier alpha value is -1.28. The molecule has 0 fully saturated rings. The lowest BCUT2D eigenvalue weighted by Gasteiger charge is -2.02.